The normalized spacial score (nSPS) is 23.1. The Balaban J connectivity index is 1.70. The Bertz CT molecular complexity index is 669. The third kappa shape index (κ3) is 2.52. The highest BCUT2D eigenvalue weighted by Crippen LogP contribution is 2.40. The molecule has 0 aliphatic heterocycles. The van der Waals surface area contributed by atoms with E-state index < -0.39 is 0 Å². The highest BCUT2D eigenvalue weighted by molar-refractivity contribution is 9.10. The number of benzene rings is 1. The molecule has 1 atom stereocenters. The van der Waals surface area contributed by atoms with E-state index in [2.05, 4.69) is 51.1 Å². The summed E-state index contributed by atoms with van der Waals surface area (Å²) >= 11 is 3.63. The van der Waals surface area contributed by atoms with Crippen LogP contribution >= 0.6 is 15.9 Å². The van der Waals surface area contributed by atoms with Gasteiger partial charge in [-0.25, -0.2) is 0 Å². The van der Waals surface area contributed by atoms with Gasteiger partial charge in [-0.2, -0.15) is 0 Å². The Morgan fingerprint density at radius 2 is 1.91 bits per heavy atom. The fraction of sp³-hybridized carbons (Fsp3) is 0.579. The molecular weight excluding hydrogens is 336 g/mol. The molecule has 118 valence electrons. The summed E-state index contributed by atoms with van der Waals surface area (Å²) in [5, 5.41) is 1.42. The first-order valence-corrected chi connectivity index (χ1v) is 9.55. The molecule has 1 heterocycles. The molecule has 0 spiro atoms. The van der Waals surface area contributed by atoms with Crippen LogP contribution < -0.4 is 0 Å². The van der Waals surface area contributed by atoms with E-state index in [-0.39, 0.29) is 0 Å². The van der Waals surface area contributed by atoms with Gasteiger partial charge in [0.25, 0.3) is 0 Å². The molecule has 4 rings (SSSR count). The van der Waals surface area contributed by atoms with Crippen molar-refractivity contribution in [3.63, 3.8) is 0 Å². The molecule has 2 aliphatic rings. The summed E-state index contributed by atoms with van der Waals surface area (Å²) in [5.41, 5.74) is 4.36. The van der Waals surface area contributed by atoms with Gasteiger partial charge in [0.1, 0.15) is 0 Å². The standard InChI is InChI=1S/C19H25BrN2/c1-22(14-6-3-2-4-7-14)18-9-5-8-15-16-12-13(20)10-11-17(16)21-19(15)18/h10-12,14,18,21H,2-9H2,1H3. The second kappa shape index (κ2) is 6.01. The summed E-state index contributed by atoms with van der Waals surface area (Å²) in [7, 11) is 2.36. The fourth-order valence-electron chi connectivity index (χ4n) is 4.56. The Kier molecular flexibility index (Phi) is 4.04. The van der Waals surface area contributed by atoms with Crippen molar-refractivity contribution < 1.29 is 0 Å². The molecule has 2 nitrogen and oxygen atoms in total. The predicted molar refractivity (Wildman–Crippen MR) is 96.3 cm³/mol. The van der Waals surface area contributed by atoms with Crippen molar-refractivity contribution in [1.29, 1.82) is 0 Å². The molecule has 2 aromatic rings. The number of fused-ring (bicyclic) bond motifs is 3. The predicted octanol–water partition coefficient (Wildman–Crippen LogP) is 5.57. The van der Waals surface area contributed by atoms with Crippen molar-refractivity contribution in [3.05, 3.63) is 33.9 Å². The van der Waals surface area contributed by atoms with Crippen LogP contribution in [0.25, 0.3) is 10.9 Å². The third-order valence-electron chi connectivity index (χ3n) is 5.78. The minimum absolute atomic E-state index is 0.582. The number of aromatic amines is 1. The maximum Gasteiger partial charge on any atom is 0.0501 e. The summed E-state index contributed by atoms with van der Waals surface area (Å²) in [5.74, 6) is 0. The van der Waals surface area contributed by atoms with Crippen molar-refractivity contribution in [2.45, 2.75) is 63.5 Å². The van der Waals surface area contributed by atoms with E-state index in [1.54, 1.807) is 5.56 Å². The van der Waals surface area contributed by atoms with Crippen molar-refractivity contribution in [3.8, 4) is 0 Å². The van der Waals surface area contributed by atoms with Crippen LogP contribution in [0.1, 0.15) is 62.2 Å². The Hall–Kier alpha value is -0.800. The highest BCUT2D eigenvalue weighted by Gasteiger charge is 2.31. The Labute approximate surface area is 141 Å². The van der Waals surface area contributed by atoms with Crippen LogP contribution in [0.15, 0.2) is 22.7 Å². The highest BCUT2D eigenvalue weighted by atomic mass is 79.9. The molecule has 1 fully saturated rings. The largest absolute Gasteiger partial charge is 0.357 e. The number of rotatable bonds is 2. The second-order valence-corrected chi connectivity index (χ2v) is 7.99. The van der Waals surface area contributed by atoms with Gasteiger partial charge in [0.2, 0.25) is 0 Å². The summed E-state index contributed by atoms with van der Waals surface area (Å²) in [6.45, 7) is 0. The van der Waals surface area contributed by atoms with Crippen molar-refractivity contribution in [2.24, 2.45) is 0 Å². The van der Waals surface area contributed by atoms with E-state index in [0.717, 1.165) is 6.04 Å². The van der Waals surface area contributed by atoms with Crippen LogP contribution in [0.3, 0.4) is 0 Å². The lowest BCUT2D eigenvalue weighted by atomic mass is 9.87. The van der Waals surface area contributed by atoms with Gasteiger partial charge in [0, 0.05) is 27.1 Å². The molecule has 1 N–H and O–H groups in total. The summed E-state index contributed by atoms with van der Waals surface area (Å²) in [6.07, 6.45) is 10.9. The maximum absolute atomic E-state index is 3.75. The van der Waals surface area contributed by atoms with Crippen molar-refractivity contribution in [1.82, 2.24) is 9.88 Å². The first-order chi connectivity index (χ1) is 10.7. The number of hydrogen-bond acceptors (Lipinski definition) is 1. The summed E-state index contributed by atoms with van der Waals surface area (Å²) in [4.78, 5) is 6.43. The number of nitrogens with zero attached hydrogens (tertiary/aromatic N) is 1. The molecule has 1 unspecified atom stereocenters. The lowest BCUT2D eigenvalue weighted by molar-refractivity contribution is 0.123. The summed E-state index contributed by atoms with van der Waals surface area (Å²) in [6, 6.07) is 8.01. The SMILES string of the molecule is CN(C1CCCCC1)C1CCCc2c1[nH]c1ccc(Br)cc21. The molecule has 0 saturated heterocycles. The number of H-pyrrole nitrogens is 1. The molecule has 22 heavy (non-hydrogen) atoms. The van der Waals surface area contributed by atoms with Gasteiger partial charge in [-0.15, -0.1) is 0 Å². The molecule has 2 aliphatic carbocycles. The zero-order valence-corrected chi connectivity index (χ0v) is 15.0. The minimum atomic E-state index is 0.582. The van der Waals surface area contributed by atoms with E-state index in [4.69, 9.17) is 0 Å². The summed E-state index contributed by atoms with van der Waals surface area (Å²) < 4.78 is 1.18. The smallest absolute Gasteiger partial charge is 0.0501 e. The van der Waals surface area contributed by atoms with E-state index in [1.165, 1.54) is 72.4 Å². The van der Waals surface area contributed by atoms with Gasteiger partial charge in [-0.3, -0.25) is 4.90 Å². The number of aryl methyl sites for hydroxylation is 1. The van der Waals surface area contributed by atoms with Crippen LogP contribution in [-0.2, 0) is 6.42 Å². The molecule has 3 heteroatoms. The van der Waals surface area contributed by atoms with Gasteiger partial charge in [-0.1, -0.05) is 35.2 Å². The zero-order chi connectivity index (χ0) is 15.1. The first kappa shape index (κ1) is 14.8. The molecular formula is C19H25BrN2. The van der Waals surface area contributed by atoms with Crippen molar-refractivity contribution >= 4 is 26.8 Å². The Morgan fingerprint density at radius 3 is 2.73 bits per heavy atom. The van der Waals surface area contributed by atoms with E-state index in [0.29, 0.717) is 6.04 Å². The second-order valence-electron chi connectivity index (χ2n) is 7.07. The van der Waals surface area contributed by atoms with Crippen molar-refractivity contribution in [2.75, 3.05) is 7.05 Å². The number of nitrogens with one attached hydrogen (secondary N) is 1. The van der Waals surface area contributed by atoms with Crippen LogP contribution in [0.5, 0.6) is 0 Å². The number of halogens is 1. The van der Waals surface area contributed by atoms with Gasteiger partial charge in [-0.05, 0) is 62.9 Å². The quantitative estimate of drug-likeness (QED) is 0.741. The van der Waals surface area contributed by atoms with Gasteiger partial charge >= 0.3 is 0 Å². The molecule has 1 aromatic carbocycles. The first-order valence-electron chi connectivity index (χ1n) is 8.76. The lowest BCUT2D eigenvalue weighted by Crippen LogP contribution is -2.38. The fourth-order valence-corrected chi connectivity index (χ4v) is 4.92. The van der Waals surface area contributed by atoms with E-state index in [9.17, 15) is 0 Å². The molecule has 0 bridgehead atoms. The average molecular weight is 361 g/mol. The van der Waals surface area contributed by atoms with Crippen LogP contribution in [0.4, 0.5) is 0 Å². The number of hydrogen-bond donors (Lipinski definition) is 1. The van der Waals surface area contributed by atoms with Gasteiger partial charge in [0.05, 0.1) is 6.04 Å². The van der Waals surface area contributed by atoms with E-state index in [1.807, 2.05) is 0 Å². The third-order valence-corrected chi connectivity index (χ3v) is 6.27. The minimum Gasteiger partial charge on any atom is -0.357 e. The topological polar surface area (TPSA) is 19.0 Å². The monoisotopic (exact) mass is 360 g/mol. The lowest BCUT2D eigenvalue weighted by Gasteiger charge is -2.39. The maximum atomic E-state index is 3.75. The van der Waals surface area contributed by atoms with E-state index >= 15 is 0 Å². The van der Waals surface area contributed by atoms with Gasteiger partial charge < -0.3 is 4.98 Å². The molecule has 0 radical (unpaired) electrons. The molecule has 1 saturated carbocycles. The number of aromatic nitrogens is 1. The average Bonchev–Trinajstić information content (AvgIpc) is 2.93. The van der Waals surface area contributed by atoms with Crippen LogP contribution in [0, 0.1) is 0 Å². The Morgan fingerprint density at radius 1 is 1.09 bits per heavy atom. The zero-order valence-electron chi connectivity index (χ0n) is 13.4. The molecule has 1 aromatic heterocycles. The van der Waals surface area contributed by atoms with Gasteiger partial charge in [0.15, 0.2) is 0 Å². The van der Waals surface area contributed by atoms with Crippen LogP contribution in [0.2, 0.25) is 0 Å². The molecule has 0 amide bonds. The van der Waals surface area contributed by atoms with Crippen LogP contribution in [-0.4, -0.2) is 23.0 Å².